The number of halogens is 1. The van der Waals surface area contributed by atoms with Gasteiger partial charge in [-0.2, -0.15) is 5.10 Å². The predicted octanol–water partition coefficient (Wildman–Crippen LogP) is 3.08. The largest absolute Gasteiger partial charge is 0.308 e. The molecule has 0 spiro atoms. The van der Waals surface area contributed by atoms with Crippen LogP contribution in [0.1, 0.15) is 36.7 Å². The molecule has 0 aliphatic heterocycles. The first kappa shape index (κ1) is 14.3. The molecule has 0 bridgehead atoms. The van der Waals surface area contributed by atoms with Crippen molar-refractivity contribution in [3.05, 3.63) is 53.1 Å². The molecule has 3 rings (SSSR count). The SMILES string of the molecule is Cc1cc(CNC2CC(C)(c3ccc(F)cc3)C2)n(C)n1. The molecule has 1 fully saturated rings. The van der Waals surface area contributed by atoms with E-state index >= 15 is 0 Å². The van der Waals surface area contributed by atoms with Crippen molar-refractivity contribution in [2.75, 3.05) is 0 Å². The van der Waals surface area contributed by atoms with Gasteiger partial charge in [-0.3, -0.25) is 4.68 Å². The maximum atomic E-state index is 13.0. The molecule has 0 atom stereocenters. The molecule has 1 saturated carbocycles. The van der Waals surface area contributed by atoms with E-state index in [1.165, 1.54) is 11.3 Å². The Morgan fingerprint density at radius 1 is 1.33 bits per heavy atom. The molecule has 1 aromatic heterocycles. The number of aromatic nitrogens is 2. The van der Waals surface area contributed by atoms with Gasteiger partial charge in [-0.15, -0.1) is 0 Å². The molecular formula is C17H22FN3. The van der Waals surface area contributed by atoms with Crippen LogP contribution >= 0.6 is 0 Å². The van der Waals surface area contributed by atoms with Crippen LogP contribution in [0.5, 0.6) is 0 Å². The summed E-state index contributed by atoms with van der Waals surface area (Å²) in [6, 6.07) is 9.58. The van der Waals surface area contributed by atoms with E-state index in [0.717, 1.165) is 25.1 Å². The molecule has 2 aromatic rings. The van der Waals surface area contributed by atoms with Crippen molar-refractivity contribution in [2.45, 2.75) is 44.7 Å². The predicted molar refractivity (Wildman–Crippen MR) is 81.6 cm³/mol. The summed E-state index contributed by atoms with van der Waals surface area (Å²) in [4.78, 5) is 0. The van der Waals surface area contributed by atoms with Crippen LogP contribution < -0.4 is 5.32 Å². The first-order valence-electron chi connectivity index (χ1n) is 7.45. The second-order valence-corrected chi connectivity index (χ2v) is 6.45. The number of benzene rings is 1. The van der Waals surface area contributed by atoms with Gasteiger partial charge in [0.2, 0.25) is 0 Å². The van der Waals surface area contributed by atoms with Crippen LogP contribution in [0.2, 0.25) is 0 Å². The Balaban J connectivity index is 1.55. The fourth-order valence-corrected chi connectivity index (χ4v) is 3.34. The van der Waals surface area contributed by atoms with Gasteiger partial charge in [-0.1, -0.05) is 19.1 Å². The van der Waals surface area contributed by atoms with E-state index < -0.39 is 0 Å². The lowest BCUT2D eigenvalue weighted by Crippen LogP contribution is -2.49. The van der Waals surface area contributed by atoms with Crippen LogP contribution in [0.3, 0.4) is 0 Å². The molecule has 1 aliphatic rings. The number of rotatable bonds is 4. The Bertz CT molecular complexity index is 624. The maximum Gasteiger partial charge on any atom is 0.123 e. The quantitative estimate of drug-likeness (QED) is 0.936. The Morgan fingerprint density at radius 3 is 2.57 bits per heavy atom. The molecule has 1 N–H and O–H groups in total. The highest BCUT2D eigenvalue weighted by atomic mass is 19.1. The van der Waals surface area contributed by atoms with Crippen LogP contribution in [0.25, 0.3) is 0 Å². The van der Waals surface area contributed by atoms with Gasteiger partial charge >= 0.3 is 0 Å². The van der Waals surface area contributed by atoms with Gasteiger partial charge in [0.15, 0.2) is 0 Å². The van der Waals surface area contributed by atoms with Crippen LogP contribution in [0.4, 0.5) is 4.39 Å². The summed E-state index contributed by atoms with van der Waals surface area (Å²) < 4.78 is 14.9. The number of hydrogen-bond acceptors (Lipinski definition) is 2. The van der Waals surface area contributed by atoms with Crippen molar-refractivity contribution >= 4 is 0 Å². The van der Waals surface area contributed by atoms with Crippen LogP contribution in [-0.2, 0) is 19.0 Å². The zero-order chi connectivity index (χ0) is 15.0. The Morgan fingerprint density at radius 2 is 2.00 bits per heavy atom. The van der Waals surface area contributed by atoms with Crippen LogP contribution in [0.15, 0.2) is 30.3 Å². The minimum absolute atomic E-state index is 0.164. The zero-order valence-electron chi connectivity index (χ0n) is 12.9. The highest BCUT2D eigenvalue weighted by molar-refractivity contribution is 5.29. The standard InChI is InChI=1S/C17H22FN3/c1-12-8-16(21(3)20-12)11-19-15-9-17(2,10-15)13-4-6-14(18)7-5-13/h4-8,15,19H,9-11H2,1-3H3. The zero-order valence-corrected chi connectivity index (χ0v) is 12.9. The third-order valence-corrected chi connectivity index (χ3v) is 4.61. The van der Waals surface area contributed by atoms with Crippen molar-refractivity contribution in [2.24, 2.45) is 7.05 Å². The minimum atomic E-state index is -0.164. The summed E-state index contributed by atoms with van der Waals surface area (Å²) in [6.45, 7) is 5.12. The van der Waals surface area contributed by atoms with Crippen LogP contribution in [-0.4, -0.2) is 15.8 Å². The molecule has 0 saturated heterocycles. The summed E-state index contributed by atoms with van der Waals surface area (Å²) in [6.07, 6.45) is 2.19. The lowest BCUT2D eigenvalue weighted by Gasteiger charge is -2.46. The molecule has 1 heterocycles. The molecule has 0 radical (unpaired) electrons. The van der Waals surface area contributed by atoms with Crippen molar-refractivity contribution < 1.29 is 4.39 Å². The third-order valence-electron chi connectivity index (χ3n) is 4.61. The highest BCUT2D eigenvalue weighted by Gasteiger charge is 2.41. The maximum absolute atomic E-state index is 13.0. The van der Waals surface area contributed by atoms with E-state index in [1.807, 2.05) is 30.8 Å². The van der Waals surface area contributed by atoms with Gasteiger partial charge in [0.25, 0.3) is 0 Å². The summed E-state index contributed by atoms with van der Waals surface area (Å²) in [5, 5.41) is 7.95. The van der Waals surface area contributed by atoms with Gasteiger partial charge < -0.3 is 5.32 Å². The summed E-state index contributed by atoms with van der Waals surface area (Å²) in [5.74, 6) is -0.164. The third kappa shape index (κ3) is 2.86. The lowest BCUT2D eigenvalue weighted by molar-refractivity contribution is 0.188. The number of nitrogens with one attached hydrogen (secondary N) is 1. The first-order chi connectivity index (χ1) is 9.96. The van der Waals surface area contributed by atoms with Gasteiger partial charge in [0, 0.05) is 19.6 Å². The van der Waals surface area contributed by atoms with E-state index in [2.05, 4.69) is 23.4 Å². The summed E-state index contributed by atoms with van der Waals surface area (Å²) >= 11 is 0. The molecule has 1 aliphatic carbocycles. The Hall–Kier alpha value is -1.68. The summed E-state index contributed by atoms with van der Waals surface area (Å²) in [7, 11) is 1.98. The van der Waals surface area contributed by atoms with Gasteiger partial charge in [-0.05, 0) is 48.9 Å². The number of hydrogen-bond donors (Lipinski definition) is 1. The van der Waals surface area contributed by atoms with E-state index in [1.54, 1.807) is 12.1 Å². The van der Waals surface area contributed by atoms with E-state index in [0.29, 0.717) is 6.04 Å². The average molecular weight is 287 g/mol. The van der Waals surface area contributed by atoms with Crippen molar-refractivity contribution in [1.82, 2.24) is 15.1 Å². The average Bonchev–Trinajstić information content (AvgIpc) is 2.72. The summed E-state index contributed by atoms with van der Waals surface area (Å²) in [5.41, 5.74) is 3.67. The monoisotopic (exact) mass is 287 g/mol. The molecule has 112 valence electrons. The second-order valence-electron chi connectivity index (χ2n) is 6.45. The minimum Gasteiger partial charge on any atom is -0.308 e. The van der Waals surface area contributed by atoms with Gasteiger partial charge in [0.1, 0.15) is 5.82 Å². The highest BCUT2D eigenvalue weighted by Crippen LogP contribution is 2.43. The Kier molecular flexibility index (Phi) is 3.57. The van der Waals surface area contributed by atoms with E-state index in [9.17, 15) is 4.39 Å². The van der Waals surface area contributed by atoms with Gasteiger partial charge in [-0.25, -0.2) is 4.39 Å². The normalized spacial score (nSPS) is 24.9. The Labute approximate surface area is 125 Å². The fraction of sp³-hybridized carbons (Fsp3) is 0.471. The molecule has 3 nitrogen and oxygen atoms in total. The van der Waals surface area contributed by atoms with Crippen molar-refractivity contribution in [3.8, 4) is 0 Å². The lowest BCUT2D eigenvalue weighted by atomic mass is 9.63. The molecule has 4 heteroatoms. The van der Waals surface area contributed by atoms with E-state index in [4.69, 9.17) is 0 Å². The fourth-order valence-electron chi connectivity index (χ4n) is 3.34. The molecule has 0 amide bonds. The van der Waals surface area contributed by atoms with Crippen LogP contribution in [0, 0.1) is 12.7 Å². The molecule has 0 unspecified atom stereocenters. The number of aryl methyl sites for hydroxylation is 2. The smallest absolute Gasteiger partial charge is 0.123 e. The van der Waals surface area contributed by atoms with Crippen molar-refractivity contribution in [1.29, 1.82) is 0 Å². The van der Waals surface area contributed by atoms with Gasteiger partial charge in [0.05, 0.1) is 11.4 Å². The molecule has 1 aromatic carbocycles. The molecule has 21 heavy (non-hydrogen) atoms. The first-order valence-corrected chi connectivity index (χ1v) is 7.45. The van der Waals surface area contributed by atoms with Crippen molar-refractivity contribution in [3.63, 3.8) is 0 Å². The number of nitrogens with zero attached hydrogens (tertiary/aromatic N) is 2. The van der Waals surface area contributed by atoms with E-state index in [-0.39, 0.29) is 11.2 Å². The molecular weight excluding hydrogens is 265 g/mol. The topological polar surface area (TPSA) is 29.9 Å². The second kappa shape index (κ2) is 5.26.